The Morgan fingerprint density at radius 2 is 1.24 bits per heavy atom. The molecular weight excluding hydrogens is 548 g/mol. The molecular formula is C42H28N2O. The summed E-state index contributed by atoms with van der Waals surface area (Å²) >= 11 is 0. The molecule has 7 aromatic carbocycles. The highest BCUT2D eigenvalue weighted by Crippen LogP contribution is 2.48. The zero-order chi connectivity index (χ0) is 29.7. The van der Waals surface area contributed by atoms with Crippen molar-refractivity contribution in [2.24, 2.45) is 4.99 Å². The fraction of sp³-hybridized carbons (Fsp3) is 0.0238. The minimum atomic E-state index is -0.173. The number of fused-ring (bicyclic) bond motifs is 3. The molecule has 0 saturated heterocycles. The normalized spacial score (nSPS) is 15.1. The lowest BCUT2D eigenvalue weighted by Gasteiger charge is -2.25. The predicted molar refractivity (Wildman–Crippen MR) is 186 cm³/mol. The average Bonchev–Trinajstić information content (AvgIpc) is 3.12. The van der Waals surface area contributed by atoms with E-state index in [-0.39, 0.29) is 6.17 Å². The van der Waals surface area contributed by atoms with E-state index in [0.717, 1.165) is 50.5 Å². The molecule has 9 rings (SSSR count). The van der Waals surface area contributed by atoms with Crippen LogP contribution in [0.5, 0.6) is 11.5 Å². The molecule has 0 aromatic heterocycles. The molecule has 1 unspecified atom stereocenters. The monoisotopic (exact) mass is 576 g/mol. The molecule has 1 N–H and O–H groups in total. The van der Waals surface area contributed by atoms with Gasteiger partial charge in [-0.15, -0.1) is 0 Å². The van der Waals surface area contributed by atoms with E-state index in [1.54, 1.807) is 0 Å². The molecule has 7 aromatic rings. The zero-order valence-electron chi connectivity index (χ0n) is 24.4. The Morgan fingerprint density at radius 3 is 2.11 bits per heavy atom. The summed E-state index contributed by atoms with van der Waals surface area (Å²) < 4.78 is 6.35. The maximum atomic E-state index is 6.35. The molecule has 2 aliphatic rings. The quantitative estimate of drug-likeness (QED) is 0.226. The first-order chi connectivity index (χ1) is 22.3. The summed E-state index contributed by atoms with van der Waals surface area (Å²) in [5.74, 6) is 1.81. The van der Waals surface area contributed by atoms with Crippen LogP contribution in [-0.2, 0) is 0 Å². The Labute approximate surface area is 261 Å². The van der Waals surface area contributed by atoms with E-state index in [4.69, 9.17) is 9.73 Å². The first-order valence-electron chi connectivity index (χ1n) is 15.3. The standard InChI is InChI=1S/C42H28N2O/c1-3-10-28(11-4-1)37-26-38(44-42(43-37)29-12-5-2-6-13-29)31-21-19-27-18-20-30(24-32(27)25-31)33-22-23-40-41-35(33)15-9-16-36(41)34-14-7-8-17-39(34)45-40/h1-26,42-43H. The third-order valence-electron chi connectivity index (χ3n) is 8.89. The predicted octanol–water partition coefficient (Wildman–Crippen LogP) is 10.6. The van der Waals surface area contributed by atoms with Gasteiger partial charge in [-0.05, 0) is 74.3 Å². The molecule has 2 aliphatic heterocycles. The fourth-order valence-electron chi connectivity index (χ4n) is 6.68. The molecule has 0 amide bonds. The molecule has 0 aliphatic carbocycles. The summed E-state index contributed by atoms with van der Waals surface area (Å²) in [6, 6.07) is 53.5. The largest absolute Gasteiger partial charge is 0.456 e. The second-order valence-electron chi connectivity index (χ2n) is 11.6. The number of nitrogens with zero attached hydrogens (tertiary/aromatic N) is 1. The molecule has 0 fully saturated rings. The Kier molecular flexibility index (Phi) is 5.88. The highest BCUT2D eigenvalue weighted by Gasteiger charge is 2.22. The maximum Gasteiger partial charge on any atom is 0.145 e. The minimum Gasteiger partial charge on any atom is -0.456 e. The van der Waals surface area contributed by atoms with Gasteiger partial charge in [0, 0.05) is 22.2 Å². The van der Waals surface area contributed by atoms with E-state index in [1.807, 2.05) is 24.3 Å². The van der Waals surface area contributed by atoms with Crippen molar-refractivity contribution in [3.63, 3.8) is 0 Å². The van der Waals surface area contributed by atoms with Crippen molar-refractivity contribution < 1.29 is 4.74 Å². The van der Waals surface area contributed by atoms with Gasteiger partial charge in [0.15, 0.2) is 0 Å². The van der Waals surface area contributed by atoms with Crippen molar-refractivity contribution in [3.05, 3.63) is 174 Å². The number of hydrogen-bond acceptors (Lipinski definition) is 3. The first-order valence-corrected chi connectivity index (χ1v) is 15.3. The van der Waals surface area contributed by atoms with Crippen LogP contribution in [0.25, 0.3) is 49.5 Å². The third kappa shape index (κ3) is 4.40. The van der Waals surface area contributed by atoms with Crippen LogP contribution >= 0.6 is 0 Å². The maximum absolute atomic E-state index is 6.35. The number of benzene rings is 7. The molecule has 3 nitrogen and oxygen atoms in total. The van der Waals surface area contributed by atoms with Crippen molar-refractivity contribution in [2.75, 3.05) is 0 Å². The molecule has 212 valence electrons. The Hall–Kier alpha value is -5.93. The van der Waals surface area contributed by atoms with Crippen LogP contribution in [0.15, 0.2) is 163 Å². The van der Waals surface area contributed by atoms with Gasteiger partial charge in [0.2, 0.25) is 0 Å². The average molecular weight is 577 g/mol. The molecule has 45 heavy (non-hydrogen) atoms. The van der Waals surface area contributed by atoms with Crippen LogP contribution in [0.1, 0.15) is 22.9 Å². The highest BCUT2D eigenvalue weighted by atomic mass is 16.5. The van der Waals surface area contributed by atoms with Crippen LogP contribution in [0.3, 0.4) is 0 Å². The van der Waals surface area contributed by atoms with Crippen molar-refractivity contribution in [3.8, 4) is 33.8 Å². The number of rotatable bonds is 4. The van der Waals surface area contributed by atoms with Crippen LogP contribution in [0.4, 0.5) is 0 Å². The van der Waals surface area contributed by atoms with Gasteiger partial charge in [0.25, 0.3) is 0 Å². The van der Waals surface area contributed by atoms with Crippen molar-refractivity contribution in [2.45, 2.75) is 6.17 Å². The van der Waals surface area contributed by atoms with Gasteiger partial charge in [-0.3, -0.25) is 4.99 Å². The summed E-state index contributed by atoms with van der Waals surface area (Å²) in [5, 5.41) is 8.39. The van der Waals surface area contributed by atoms with Crippen molar-refractivity contribution >= 4 is 33.0 Å². The van der Waals surface area contributed by atoms with E-state index in [9.17, 15) is 0 Å². The number of aliphatic imine (C=N–C) groups is 1. The van der Waals surface area contributed by atoms with E-state index < -0.39 is 0 Å². The molecule has 0 saturated carbocycles. The van der Waals surface area contributed by atoms with Gasteiger partial charge in [-0.1, -0.05) is 127 Å². The van der Waals surface area contributed by atoms with Gasteiger partial charge in [-0.25, -0.2) is 0 Å². The minimum absolute atomic E-state index is 0.173. The topological polar surface area (TPSA) is 33.6 Å². The molecule has 2 heterocycles. The summed E-state index contributed by atoms with van der Waals surface area (Å²) in [6.07, 6.45) is 2.00. The lowest BCUT2D eigenvalue weighted by atomic mass is 9.90. The number of ether oxygens (including phenoxy) is 1. The van der Waals surface area contributed by atoms with Gasteiger partial charge in [-0.2, -0.15) is 0 Å². The van der Waals surface area contributed by atoms with E-state index in [2.05, 4.69) is 139 Å². The molecule has 1 atom stereocenters. The summed E-state index contributed by atoms with van der Waals surface area (Å²) in [7, 11) is 0. The van der Waals surface area contributed by atoms with Gasteiger partial charge in [0.1, 0.15) is 17.7 Å². The van der Waals surface area contributed by atoms with Crippen molar-refractivity contribution in [1.29, 1.82) is 0 Å². The van der Waals surface area contributed by atoms with E-state index >= 15 is 0 Å². The third-order valence-corrected chi connectivity index (χ3v) is 8.89. The van der Waals surface area contributed by atoms with Gasteiger partial charge < -0.3 is 10.1 Å². The Morgan fingerprint density at radius 1 is 0.511 bits per heavy atom. The second-order valence-corrected chi connectivity index (χ2v) is 11.6. The Balaban J connectivity index is 1.16. The number of nitrogens with one attached hydrogen (secondary N) is 1. The van der Waals surface area contributed by atoms with Crippen molar-refractivity contribution in [1.82, 2.24) is 5.32 Å². The summed E-state index contributed by atoms with van der Waals surface area (Å²) in [4.78, 5) is 5.20. The zero-order valence-corrected chi connectivity index (χ0v) is 24.4. The molecule has 0 radical (unpaired) electrons. The Bertz CT molecular complexity index is 2320. The van der Waals surface area contributed by atoms with E-state index in [1.165, 1.54) is 32.8 Å². The fourth-order valence-corrected chi connectivity index (χ4v) is 6.68. The smallest absolute Gasteiger partial charge is 0.145 e. The summed E-state index contributed by atoms with van der Waals surface area (Å²) in [6.45, 7) is 0. The highest BCUT2D eigenvalue weighted by molar-refractivity contribution is 6.15. The lowest BCUT2D eigenvalue weighted by Crippen LogP contribution is -2.24. The second kappa shape index (κ2) is 10.4. The number of hydrogen-bond donors (Lipinski definition) is 1. The number of para-hydroxylation sites is 1. The van der Waals surface area contributed by atoms with Crippen LogP contribution in [0.2, 0.25) is 0 Å². The van der Waals surface area contributed by atoms with Crippen LogP contribution in [-0.4, -0.2) is 5.71 Å². The summed E-state index contributed by atoms with van der Waals surface area (Å²) in [5.41, 5.74) is 10.1. The first kappa shape index (κ1) is 25.6. The molecule has 0 bridgehead atoms. The molecule has 3 heteroatoms. The van der Waals surface area contributed by atoms with E-state index in [0.29, 0.717) is 0 Å². The lowest BCUT2D eigenvalue weighted by molar-refractivity contribution is 0.487. The number of allylic oxidation sites excluding steroid dienone is 1. The molecule has 0 spiro atoms. The van der Waals surface area contributed by atoms with Crippen LogP contribution < -0.4 is 10.1 Å². The van der Waals surface area contributed by atoms with Gasteiger partial charge >= 0.3 is 0 Å². The van der Waals surface area contributed by atoms with Gasteiger partial charge in [0.05, 0.1) is 5.71 Å². The SMILES string of the molecule is C1=C(c2ccccc2)NC(c2ccccc2)N=C1c1ccc2ccc(-c3ccc4c5c(cccc35)-c3ccccc3O4)cc2c1. The van der Waals surface area contributed by atoms with Crippen LogP contribution in [0, 0.1) is 0 Å².